The van der Waals surface area contributed by atoms with Crippen molar-refractivity contribution in [1.82, 2.24) is 9.80 Å². The summed E-state index contributed by atoms with van der Waals surface area (Å²) < 4.78 is 0. The van der Waals surface area contributed by atoms with E-state index in [0.29, 0.717) is 0 Å². The fourth-order valence-electron chi connectivity index (χ4n) is 2.66. The molecule has 0 aliphatic carbocycles. The first-order chi connectivity index (χ1) is 9.72. The van der Waals surface area contributed by atoms with Crippen molar-refractivity contribution in [2.24, 2.45) is 5.73 Å². The number of benzene rings is 1. The number of nitrogens with two attached hydrogens (primary N) is 1. The van der Waals surface area contributed by atoms with Crippen LogP contribution in [-0.2, 0) is 4.79 Å². The lowest BCUT2D eigenvalue weighted by atomic mass is 9.99. The Hall–Kier alpha value is -1.39. The molecule has 0 spiro atoms. The molecule has 1 atom stereocenters. The van der Waals surface area contributed by atoms with Gasteiger partial charge in [0.2, 0.25) is 5.91 Å². The van der Waals surface area contributed by atoms with Gasteiger partial charge in [-0.3, -0.25) is 9.69 Å². The summed E-state index contributed by atoms with van der Waals surface area (Å²) in [7, 11) is 0. The molecule has 4 heteroatoms. The van der Waals surface area contributed by atoms with Crippen LogP contribution in [-0.4, -0.2) is 55.0 Å². The quantitative estimate of drug-likeness (QED) is 0.881. The van der Waals surface area contributed by atoms with Crippen LogP contribution in [0, 0.1) is 0 Å². The van der Waals surface area contributed by atoms with Crippen molar-refractivity contribution in [3.05, 3.63) is 35.9 Å². The van der Waals surface area contributed by atoms with Gasteiger partial charge in [-0.05, 0) is 32.0 Å². The molecule has 0 bridgehead atoms. The Bertz CT molecular complexity index is 413. The third kappa shape index (κ3) is 3.81. The van der Waals surface area contributed by atoms with Gasteiger partial charge in [0.1, 0.15) is 0 Å². The molecule has 2 rings (SSSR count). The van der Waals surface area contributed by atoms with E-state index < -0.39 is 0 Å². The molecule has 2 N–H and O–H groups in total. The van der Waals surface area contributed by atoms with Crippen LogP contribution < -0.4 is 5.73 Å². The monoisotopic (exact) mass is 275 g/mol. The van der Waals surface area contributed by atoms with Crippen LogP contribution in [0.2, 0.25) is 0 Å². The summed E-state index contributed by atoms with van der Waals surface area (Å²) in [6, 6.07) is 10.0. The van der Waals surface area contributed by atoms with Gasteiger partial charge < -0.3 is 10.6 Å². The van der Waals surface area contributed by atoms with Gasteiger partial charge in [0.05, 0.1) is 5.92 Å². The lowest BCUT2D eigenvalue weighted by molar-refractivity contribution is -0.134. The second kappa shape index (κ2) is 7.41. The fourth-order valence-corrected chi connectivity index (χ4v) is 2.66. The van der Waals surface area contributed by atoms with Crippen LogP contribution in [0.3, 0.4) is 0 Å². The number of nitrogens with zero attached hydrogens (tertiary/aromatic N) is 2. The molecule has 1 aromatic rings. The zero-order valence-corrected chi connectivity index (χ0v) is 12.3. The van der Waals surface area contributed by atoms with Crippen LogP contribution in [0.1, 0.15) is 24.8 Å². The molecule has 1 aliphatic heterocycles. The standard InChI is InChI=1S/C16H25N3O/c1-14(15-6-3-2-4-7-15)16(20)19-12-10-18(11-13-19)9-5-8-17/h2-4,6-7,14H,5,8-13,17H2,1H3. The number of carbonyl (C=O) groups excluding carboxylic acids is 1. The lowest BCUT2D eigenvalue weighted by Gasteiger charge is -2.36. The molecule has 1 fully saturated rings. The second-order valence-electron chi connectivity index (χ2n) is 5.44. The zero-order valence-electron chi connectivity index (χ0n) is 12.3. The molecular formula is C16H25N3O. The molecule has 0 saturated carbocycles. The minimum Gasteiger partial charge on any atom is -0.340 e. The first-order valence-corrected chi connectivity index (χ1v) is 7.48. The van der Waals surface area contributed by atoms with Gasteiger partial charge in [-0.2, -0.15) is 0 Å². The van der Waals surface area contributed by atoms with Crippen molar-refractivity contribution in [3.63, 3.8) is 0 Å². The summed E-state index contributed by atoms with van der Waals surface area (Å²) in [5.74, 6) is 0.196. The van der Waals surface area contributed by atoms with Crippen LogP contribution >= 0.6 is 0 Å². The Morgan fingerprint density at radius 3 is 2.45 bits per heavy atom. The average Bonchev–Trinajstić information content (AvgIpc) is 2.53. The predicted octanol–water partition coefficient (Wildman–Crippen LogP) is 1.28. The molecule has 110 valence electrons. The summed E-state index contributed by atoms with van der Waals surface area (Å²) in [6.07, 6.45) is 1.04. The summed E-state index contributed by atoms with van der Waals surface area (Å²) in [5, 5.41) is 0. The van der Waals surface area contributed by atoms with E-state index in [1.807, 2.05) is 42.2 Å². The molecule has 1 unspecified atom stereocenters. The van der Waals surface area contributed by atoms with Gasteiger partial charge in [0.25, 0.3) is 0 Å². The molecule has 4 nitrogen and oxygen atoms in total. The Labute approximate surface area is 121 Å². The maximum absolute atomic E-state index is 12.5. The Morgan fingerprint density at radius 2 is 1.85 bits per heavy atom. The summed E-state index contributed by atoms with van der Waals surface area (Å²) in [5.41, 5.74) is 6.63. The minimum absolute atomic E-state index is 0.0493. The summed E-state index contributed by atoms with van der Waals surface area (Å²) in [4.78, 5) is 16.9. The van der Waals surface area contributed by atoms with Crippen LogP contribution in [0.25, 0.3) is 0 Å². The maximum Gasteiger partial charge on any atom is 0.229 e. The Morgan fingerprint density at radius 1 is 1.20 bits per heavy atom. The van der Waals surface area contributed by atoms with Crippen molar-refractivity contribution in [1.29, 1.82) is 0 Å². The highest BCUT2D eigenvalue weighted by molar-refractivity contribution is 5.83. The number of hydrogen-bond acceptors (Lipinski definition) is 3. The Kier molecular flexibility index (Phi) is 5.56. The summed E-state index contributed by atoms with van der Waals surface area (Å²) >= 11 is 0. The third-order valence-electron chi connectivity index (χ3n) is 4.03. The molecule has 1 amide bonds. The first-order valence-electron chi connectivity index (χ1n) is 7.48. The topological polar surface area (TPSA) is 49.6 Å². The van der Waals surface area contributed by atoms with Crippen molar-refractivity contribution in [2.75, 3.05) is 39.3 Å². The highest BCUT2D eigenvalue weighted by Gasteiger charge is 2.25. The van der Waals surface area contributed by atoms with E-state index in [9.17, 15) is 4.79 Å². The van der Waals surface area contributed by atoms with Crippen molar-refractivity contribution in [2.45, 2.75) is 19.3 Å². The second-order valence-corrected chi connectivity index (χ2v) is 5.44. The van der Waals surface area contributed by atoms with Gasteiger partial charge in [-0.1, -0.05) is 30.3 Å². The largest absolute Gasteiger partial charge is 0.340 e. The molecule has 1 aliphatic rings. The number of carbonyl (C=O) groups is 1. The van der Waals surface area contributed by atoms with Crippen molar-refractivity contribution >= 4 is 5.91 Å². The normalized spacial score (nSPS) is 18.0. The van der Waals surface area contributed by atoms with Gasteiger partial charge in [0.15, 0.2) is 0 Å². The van der Waals surface area contributed by atoms with Crippen molar-refractivity contribution < 1.29 is 4.79 Å². The zero-order chi connectivity index (χ0) is 14.4. The molecule has 0 radical (unpaired) electrons. The molecular weight excluding hydrogens is 250 g/mol. The van der Waals surface area contributed by atoms with E-state index in [0.717, 1.165) is 51.3 Å². The van der Waals surface area contributed by atoms with Gasteiger partial charge in [0, 0.05) is 26.2 Å². The van der Waals surface area contributed by atoms with Crippen molar-refractivity contribution in [3.8, 4) is 0 Å². The third-order valence-corrected chi connectivity index (χ3v) is 4.03. The number of amides is 1. The lowest BCUT2D eigenvalue weighted by Crippen LogP contribution is -2.50. The van der Waals surface area contributed by atoms with E-state index in [4.69, 9.17) is 5.73 Å². The molecule has 20 heavy (non-hydrogen) atoms. The maximum atomic E-state index is 12.5. The minimum atomic E-state index is -0.0493. The molecule has 1 saturated heterocycles. The van der Waals surface area contributed by atoms with E-state index in [2.05, 4.69) is 4.90 Å². The summed E-state index contributed by atoms with van der Waals surface area (Å²) in [6.45, 7) is 7.39. The van der Waals surface area contributed by atoms with E-state index >= 15 is 0 Å². The van der Waals surface area contributed by atoms with E-state index in [-0.39, 0.29) is 11.8 Å². The average molecular weight is 275 g/mol. The van der Waals surface area contributed by atoms with Gasteiger partial charge >= 0.3 is 0 Å². The molecule has 1 heterocycles. The van der Waals surface area contributed by atoms with E-state index in [1.165, 1.54) is 0 Å². The van der Waals surface area contributed by atoms with Crippen LogP contribution in [0.4, 0.5) is 0 Å². The number of piperazine rings is 1. The molecule has 0 aromatic heterocycles. The smallest absolute Gasteiger partial charge is 0.229 e. The SMILES string of the molecule is CC(C(=O)N1CCN(CCCN)CC1)c1ccccc1. The van der Waals surface area contributed by atoms with Crippen LogP contribution in [0.15, 0.2) is 30.3 Å². The highest BCUT2D eigenvalue weighted by atomic mass is 16.2. The molecule has 1 aromatic carbocycles. The first kappa shape index (κ1) is 15.0. The fraction of sp³-hybridized carbons (Fsp3) is 0.562. The van der Waals surface area contributed by atoms with Crippen LogP contribution in [0.5, 0.6) is 0 Å². The van der Waals surface area contributed by atoms with Gasteiger partial charge in [-0.25, -0.2) is 0 Å². The van der Waals surface area contributed by atoms with Gasteiger partial charge in [-0.15, -0.1) is 0 Å². The number of hydrogen-bond donors (Lipinski definition) is 1. The Balaban J connectivity index is 1.85. The van der Waals surface area contributed by atoms with E-state index in [1.54, 1.807) is 0 Å². The highest BCUT2D eigenvalue weighted by Crippen LogP contribution is 2.18. The number of rotatable bonds is 5. The predicted molar refractivity (Wildman–Crippen MR) is 81.5 cm³/mol.